The predicted octanol–water partition coefficient (Wildman–Crippen LogP) is 8.50. The van der Waals surface area contributed by atoms with Gasteiger partial charge in [0.05, 0.1) is 0 Å². The van der Waals surface area contributed by atoms with Gasteiger partial charge in [0.25, 0.3) is 0 Å². The van der Waals surface area contributed by atoms with Crippen molar-refractivity contribution < 1.29 is 0 Å². The van der Waals surface area contributed by atoms with E-state index in [2.05, 4.69) is 115 Å². The lowest BCUT2D eigenvalue weighted by atomic mass is 9.70. The molecular weight excluding hydrogens is 508 g/mol. The quantitative estimate of drug-likeness (QED) is 0.241. The molecule has 1 heterocycles. The third-order valence-corrected chi connectivity index (χ3v) is 10.3. The summed E-state index contributed by atoms with van der Waals surface area (Å²) in [4.78, 5) is 0. The maximum absolute atomic E-state index is 4.13. The zero-order valence-corrected chi connectivity index (χ0v) is 22.5. The Labute approximate surface area is 218 Å². The van der Waals surface area contributed by atoms with Crippen LogP contribution in [0.15, 0.2) is 94.5 Å². The summed E-state index contributed by atoms with van der Waals surface area (Å²) in [6.07, 6.45) is 10.6. The summed E-state index contributed by atoms with van der Waals surface area (Å²) in [6, 6.07) is 24.7. The predicted molar refractivity (Wildman–Crippen MR) is 156 cm³/mol. The van der Waals surface area contributed by atoms with Gasteiger partial charge in [-0.1, -0.05) is 96.5 Å². The van der Waals surface area contributed by atoms with Gasteiger partial charge in [-0.3, -0.25) is 0 Å². The van der Waals surface area contributed by atoms with E-state index in [1.54, 1.807) is 0 Å². The number of hydrogen-bond acceptors (Lipinski definition) is 1. The summed E-state index contributed by atoms with van der Waals surface area (Å²) in [5.74, 6) is 0.506. The lowest BCUT2D eigenvalue weighted by Crippen LogP contribution is -2.32. The molecule has 1 unspecified atom stereocenters. The molecule has 4 aromatic rings. The van der Waals surface area contributed by atoms with E-state index in [4.69, 9.17) is 0 Å². The highest BCUT2D eigenvalue weighted by molar-refractivity contribution is 9.12. The van der Waals surface area contributed by atoms with Crippen molar-refractivity contribution in [2.75, 3.05) is 0 Å². The molecule has 172 valence electrons. The molecule has 0 saturated heterocycles. The molecule has 0 saturated carbocycles. The molecule has 3 aromatic carbocycles. The highest BCUT2D eigenvalue weighted by Crippen LogP contribution is 2.58. The molecule has 0 aliphatic heterocycles. The van der Waals surface area contributed by atoms with Crippen LogP contribution in [0.5, 0.6) is 0 Å². The first-order valence-corrected chi connectivity index (χ1v) is 14.2. The second-order valence-electron chi connectivity index (χ2n) is 10.6. The molecule has 0 radical (unpaired) electrons. The Hall–Kier alpha value is -2.68. The summed E-state index contributed by atoms with van der Waals surface area (Å²) in [5, 5.41) is 5.54. The van der Waals surface area contributed by atoms with Gasteiger partial charge in [0.2, 0.25) is 0 Å². The van der Waals surface area contributed by atoms with Crippen LogP contribution in [0.3, 0.4) is 0 Å². The van der Waals surface area contributed by atoms with E-state index in [0.717, 1.165) is 19.3 Å². The van der Waals surface area contributed by atoms with Crippen molar-refractivity contribution in [3.63, 3.8) is 0 Å². The average Bonchev–Trinajstić information content (AvgIpc) is 3.35. The third-order valence-electron chi connectivity index (χ3n) is 8.30. The van der Waals surface area contributed by atoms with Crippen molar-refractivity contribution in [2.24, 2.45) is 11.3 Å². The molecule has 3 aliphatic rings. The van der Waals surface area contributed by atoms with Crippen LogP contribution < -0.4 is 10.4 Å². The number of hydrogen-bond donors (Lipinski definition) is 0. The molecule has 0 N–H and O–H groups in total. The van der Waals surface area contributed by atoms with E-state index < -0.39 is 0 Å². The minimum Gasteiger partial charge on any atom is -0.135 e. The molecule has 0 bridgehead atoms. The Kier molecular flexibility index (Phi) is 4.88. The molecule has 0 spiro atoms. The van der Waals surface area contributed by atoms with Gasteiger partial charge in [0.15, 0.2) is 0 Å². The maximum atomic E-state index is 4.13. The fourth-order valence-electron chi connectivity index (χ4n) is 6.54. The Balaban J connectivity index is 1.37. The normalized spacial score (nSPS) is 21.0. The summed E-state index contributed by atoms with van der Waals surface area (Å²) in [5.41, 5.74) is 7.29. The molecule has 3 aliphatic carbocycles. The molecule has 2 heteroatoms. The average molecular weight is 536 g/mol. The first kappa shape index (κ1) is 21.6. The third kappa shape index (κ3) is 3.23. The Morgan fingerprint density at radius 1 is 0.886 bits per heavy atom. The number of benzene rings is 3. The summed E-state index contributed by atoms with van der Waals surface area (Å²) >= 11 is 6.02. The highest BCUT2D eigenvalue weighted by atomic mass is 79.9. The van der Waals surface area contributed by atoms with Crippen molar-refractivity contribution in [3.8, 4) is 0 Å². The standard InChI is InChI=1S/C33H27BrS/c1-33(2)28-16-14-21(22-15-17-30-26(18-22)24-11-5-6-13-29(24)35-30)19-27(28)32(34)31(33)25-12-7-9-20-8-3-4-10-23(20)25/h3-6,8-11,13-15,17-19,28H,7,12,16H2,1-2H3. The van der Waals surface area contributed by atoms with Crippen LogP contribution in [-0.2, 0) is 0 Å². The molecule has 1 aromatic heterocycles. The van der Waals surface area contributed by atoms with Crippen LogP contribution in [0.4, 0.5) is 0 Å². The largest absolute Gasteiger partial charge is 0.135 e. The van der Waals surface area contributed by atoms with Gasteiger partial charge in [0, 0.05) is 24.7 Å². The topological polar surface area (TPSA) is 0 Å². The van der Waals surface area contributed by atoms with Crippen LogP contribution in [-0.4, -0.2) is 0 Å². The number of allylic oxidation sites excluding steroid dienone is 6. The second kappa shape index (κ2) is 7.91. The molecular formula is C33H27BrS. The van der Waals surface area contributed by atoms with Crippen LogP contribution in [0.2, 0.25) is 0 Å². The summed E-state index contributed by atoms with van der Waals surface area (Å²) < 4.78 is 4.06. The molecule has 0 nitrogen and oxygen atoms in total. The van der Waals surface area contributed by atoms with Crippen LogP contribution in [0.1, 0.15) is 38.7 Å². The summed E-state index contributed by atoms with van der Waals surface area (Å²) in [6.45, 7) is 4.90. The van der Waals surface area contributed by atoms with E-state index in [0.29, 0.717) is 5.92 Å². The van der Waals surface area contributed by atoms with Crippen molar-refractivity contribution in [2.45, 2.75) is 33.1 Å². The zero-order valence-electron chi connectivity index (χ0n) is 20.1. The van der Waals surface area contributed by atoms with E-state index in [1.807, 2.05) is 11.3 Å². The van der Waals surface area contributed by atoms with Gasteiger partial charge < -0.3 is 0 Å². The van der Waals surface area contributed by atoms with Crippen molar-refractivity contribution in [1.82, 2.24) is 0 Å². The Morgan fingerprint density at radius 3 is 2.60 bits per heavy atom. The molecule has 35 heavy (non-hydrogen) atoms. The van der Waals surface area contributed by atoms with Gasteiger partial charge in [-0.25, -0.2) is 0 Å². The Morgan fingerprint density at radius 2 is 1.69 bits per heavy atom. The fraction of sp³-hybridized carbons (Fsp3) is 0.212. The first-order chi connectivity index (χ1) is 17.0. The summed E-state index contributed by atoms with van der Waals surface area (Å²) in [7, 11) is 0. The van der Waals surface area contributed by atoms with E-state index in [9.17, 15) is 0 Å². The van der Waals surface area contributed by atoms with Gasteiger partial charge >= 0.3 is 0 Å². The van der Waals surface area contributed by atoms with Crippen molar-refractivity contribution >= 4 is 64.7 Å². The van der Waals surface area contributed by atoms with Crippen LogP contribution in [0.25, 0.3) is 37.4 Å². The van der Waals surface area contributed by atoms with Crippen LogP contribution >= 0.6 is 27.3 Å². The fourth-order valence-corrected chi connectivity index (χ4v) is 8.77. The first-order valence-electron chi connectivity index (χ1n) is 12.6. The van der Waals surface area contributed by atoms with Crippen molar-refractivity contribution in [1.29, 1.82) is 0 Å². The van der Waals surface area contributed by atoms with Crippen LogP contribution in [0, 0.1) is 11.3 Å². The number of halogens is 1. The van der Waals surface area contributed by atoms with E-state index in [1.165, 1.54) is 62.9 Å². The van der Waals surface area contributed by atoms with Gasteiger partial charge in [-0.2, -0.15) is 0 Å². The number of fused-ring (bicyclic) bond motifs is 5. The van der Waals surface area contributed by atoms with Gasteiger partial charge in [-0.15, -0.1) is 11.3 Å². The van der Waals surface area contributed by atoms with Gasteiger partial charge in [0.1, 0.15) is 0 Å². The monoisotopic (exact) mass is 534 g/mol. The Bertz CT molecular complexity index is 1760. The zero-order chi connectivity index (χ0) is 23.7. The maximum Gasteiger partial charge on any atom is 0.0355 e. The highest BCUT2D eigenvalue weighted by Gasteiger charge is 2.45. The minimum atomic E-state index is 0.0972. The minimum absolute atomic E-state index is 0.0972. The van der Waals surface area contributed by atoms with E-state index >= 15 is 0 Å². The molecule has 7 rings (SSSR count). The SMILES string of the molecule is CC1(C)C(C2=c3ccccc3=CCC2)=C(Br)C2=CC(c3ccc4sc5ccccc5c4c3)=CCC21. The smallest absolute Gasteiger partial charge is 0.0355 e. The molecule has 0 fully saturated rings. The number of thiophene rings is 1. The van der Waals surface area contributed by atoms with Gasteiger partial charge in [-0.05, 0) is 87.1 Å². The number of rotatable bonds is 2. The lowest BCUT2D eigenvalue weighted by Gasteiger charge is -2.33. The second-order valence-corrected chi connectivity index (χ2v) is 12.5. The van der Waals surface area contributed by atoms with Crippen molar-refractivity contribution in [3.05, 3.63) is 111 Å². The molecule has 0 amide bonds. The van der Waals surface area contributed by atoms with E-state index in [-0.39, 0.29) is 5.41 Å². The lowest BCUT2D eigenvalue weighted by molar-refractivity contribution is 0.337. The molecule has 1 atom stereocenters.